The molecule has 0 fully saturated rings. The maximum absolute atomic E-state index is 16.8. The highest BCUT2D eigenvalue weighted by Gasteiger charge is 2.24. The molecule has 0 unspecified atom stereocenters. The Hall–Kier alpha value is -4.76. The van der Waals surface area contributed by atoms with Gasteiger partial charge >= 0.3 is 0 Å². The van der Waals surface area contributed by atoms with E-state index in [-0.39, 0.29) is 17.7 Å². The maximum atomic E-state index is 16.8. The monoisotopic (exact) mass is 525 g/mol. The van der Waals surface area contributed by atoms with E-state index in [1.165, 1.54) is 16.8 Å². The second-order valence-corrected chi connectivity index (χ2v) is 10.2. The van der Waals surface area contributed by atoms with Crippen LogP contribution in [0.5, 0.6) is 0 Å². The van der Waals surface area contributed by atoms with Crippen molar-refractivity contribution in [1.82, 2.24) is 0 Å². The molecule has 40 heavy (non-hydrogen) atoms. The Morgan fingerprint density at radius 3 is 1.93 bits per heavy atom. The van der Waals surface area contributed by atoms with Crippen molar-refractivity contribution in [2.45, 2.75) is 19.9 Å². The number of rotatable bonds is 6. The van der Waals surface area contributed by atoms with Crippen LogP contribution >= 0.6 is 0 Å². The molecule has 6 aromatic rings. The summed E-state index contributed by atoms with van der Waals surface area (Å²) in [6.45, 7) is 3.88. The minimum absolute atomic E-state index is 0.171. The average molecular weight is 526 g/mol. The van der Waals surface area contributed by atoms with E-state index in [1.807, 2.05) is 74.5 Å². The van der Waals surface area contributed by atoms with Crippen molar-refractivity contribution in [3.05, 3.63) is 145 Å². The Balaban J connectivity index is 1.56. The molecule has 0 N–H and O–H groups in total. The largest absolute Gasteiger partial charge is 0.334 e. The molecule has 0 bridgehead atoms. The predicted octanol–water partition coefficient (Wildman–Crippen LogP) is 10.7. The van der Waals surface area contributed by atoms with E-state index in [4.69, 9.17) is 0 Å². The SMILES string of the molecule is CC(C)N(c1ccccc1F)c1ccc(-c2cccc(-c3cccc4ccccc34)c2)c(-c2ccccc2)c1F. The molecule has 0 spiro atoms. The summed E-state index contributed by atoms with van der Waals surface area (Å²) in [7, 11) is 0. The van der Waals surface area contributed by atoms with Crippen LogP contribution in [0.25, 0.3) is 44.2 Å². The second-order valence-electron chi connectivity index (χ2n) is 10.2. The fraction of sp³-hybridized carbons (Fsp3) is 0.0811. The van der Waals surface area contributed by atoms with Gasteiger partial charge in [0.2, 0.25) is 0 Å². The number of benzene rings is 6. The lowest BCUT2D eigenvalue weighted by Gasteiger charge is -2.31. The quantitative estimate of drug-likeness (QED) is 0.209. The van der Waals surface area contributed by atoms with Crippen molar-refractivity contribution in [3.63, 3.8) is 0 Å². The van der Waals surface area contributed by atoms with Gasteiger partial charge in [-0.05, 0) is 76.7 Å². The first-order valence-electron chi connectivity index (χ1n) is 13.5. The van der Waals surface area contributed by atoms with Gasteiger partial charge in [0, 0.05) is 11.6 Å². The zero-order valence-corrected chi connectivity index (χ0v) is 22.5. The number of hydrogen-bond donors (Lipinski definition) is 0. The highest BCUT2D eigenvalue weighted by Crippen LogP contribution is 2.42. The van der Waals surface area contributed by atoms with Gasteiger partial charge in [-0.2, -0.15) is 0 Å². The molecule has 0 radical (unpaired) electrons. The maximum Gasteiger partial charge on any atom is 0.155 e. The van der Waals surface area contributed by atoms with E-state index in [0.29, 0.717) is 16.9 Å². The standard InChI is InChI=1S/C37H29F2N/c1-25(2)40(34-21-9-8-20-33(34)38)35-23-22-32(36(37(35)39)27-13-4-3-5-14-27)29-17-10-16-28(24-29)31-19-11-15-26-12-6-7-18-30(26)31/h3-25H,1-2H3. The average Bonchev–Trinajstić information content (AvgIpc) is 2.99. The zero-order valence-electron chi connectivity index (χ0n) is 22.5. The van der Waals surface area contributed by atoms with Crippen LogP contribution < -0.4 is 4.90 Å². The molecule has 0 aromatic heterocycles. The summed E-state index contributed by atoms with van der Waals surface area (Å²) in [5.41, 5.74) is 5.84. The van der Waals surface area contributed by atoms with Crippen molar-refractivity contribution >= 4 is 22.1 Å². The van der Waals surface area contributed by atoms with Gasteiger partial charge < -0.3 is 4.90 Å². The topological polar surface area (TPSA) is 3.24 Å². The Kier molecular flexibility index (Phi) is 6.88. The van der Waals surface area contributed by atoms with Gasteiger partial charge in [-0.25, -0.2) is 8.78 Å². The Bertz CT molecular complexity index is 1800. The summed E-state index contributed by atoms with van der Waals surface area (Å²) in [6, 6.07) is 42.6. The highest BCUT2D eigenvalue weighted by molar-refractivity contribution is 5.98. The summed E-state index contributed by atoms with van der Waals surface area (Å²) in [6.07, 6.45) is 0. The third kappa shape index (κ3) is 4.65. The normalized spacial score (nSPS) is 11.2. The molecule has 0 heterocycles. The Labute approximate surface area is 234 Å². The third-order valence-electron chi connectivity index (χ3n) is 7.35. The number of nitrogens with zero attached hydrogens (tertiary/aromatic N) is 1. The fourth-order valence-electron chi connectivity index (χ4n) is 5.54. The van der Waals surface area contributed by atoms with Crippen LogP contribution in [0.4, 0.5) is 20.2 Å². The van der Waals surface area contributed by atoms with Gasteiger partial charge in [-0.3, -0.25) is 0 Å². The molecule has 0 amide bonds. The molecule has 6 aromatic carbocycles. The van der Waals surface area contributed by atoms with Gasteiger partial charge in [0.15, 0.2) is 5.82 Å². The van der Waals surface area contributed by atoms with E-state index in [9.17, 15) is 4.39 Å². The number of anilines is 2. The number of fused-ring (bicyclic) bond motifs is 1. The first-order chi connectivity index (χ1) is 19.5. The molecule has 0 aliphatic rings. The van der Waals surface area contributed by atoms with Crippen molar-refractivity contribution in [1.29, 1.82) is 0 Å². The van der Waals surface area contributed by atoms with E-state index < -0.39 is 0 Å². The van der Waals surface area contributed by atoms with E-state index in [1.54, 1.807) is 29.2 Å². The van der Waals surface area contributed by atoms with Crippen LogP contribution in [0, 0.1) is 11.6 Å². The highest BCUT2D eigenvalue weighted by atomic mass is 19.1. The summed E-state index contributed by atoms with van der Waals surface area (Å²) in [5, 5.41) is 2.34. The smallest absolute Gasteiger partial charge is 0.155 e. The second kappa shape index (κ2) is 10.8. The van der Waals surface area contributed by atoms with Crippen molar-refractivity contribution in [3.8, 4) is 33.4 Å². The Morgan fingerprint density at radius 2 is 1.15 bits per heavy atom. The van der Waals surface area contributed by atoms with Crippen LogP contribution in [0.2, 0.25) is 0 Å². The first-order valence-corrected chi connectivity index (χ1v) is 13.5. The van der Waals surface area contributed by atoms with Crippen LogP contribution in [-0.4, -0.2) is 6.04 Å². The molecule has 0 saturated heterocycles. The lowest BCUT2D eigenvalue weighted by Crippen LogP contribution is -2.27. The van der Waals surface area contributed by atoms with Crippen molar-refractivity contribution in [2.75, 3.05) is 4.90 Å². The lowest BCUT2D eigenvalue weighted by molar-refractivity contribution is 0.604. The van der Waals surface area contributed by atoms with Gasteiger partial charge in [0.25, 0.3) is 0 Å². The number of para-hydroxylation sites is 1. The minimum atomic E-state index is -0.385. The number of hydrogen-bond acceptors (Lipinski definition) is 1. The summed E-state index contributed by atoms with van der Waals surface area (Å²) in [5.74, 6) is -0.764. The molecular weight excluding hydrogens is 496 g/mol. The van der Waals surface area contributed by atoms with Gasteiger partial charge in [-0.1, -0.05) is 109 Å². The number of halogens is 2. The molecule has 6 rings (SSSR count). The van der Waals surface area contributed by atoms with E-state index in [0.717, 1.165) is 27.8 Å². The molecule has 3 heteroatoms. The third-order valence-corrected chi connectivity index (χ3v) is 7.35. The Morgan fingerprint density at radius 1 is 0.525 bits per heavy atom. The van der Waals surface area contributed by atoms with Crippen LogP contribution in [0.1, 0.15) is 13.8 Å². The van der Waals surface area contributed by atoms with Gasteiger partial charge in [0.05, 0.1) is 11.4 Å². The minimum Gasteiger partial charge on any atom is -0.334 e. The summed E-state index contributed by atoms with van der Waals surface area (Å²) >= 11 is 0. The lowest BCUT2D eigenvalue weighted by atomic mass is 9.90. The zero-order chi connectivity index (χ0) is 27.6. The molecular formula is C37H29F2N. The first kappa shape index (κ1) is 25.5. The van der Waals surface area contributed by atoms with Crippen molar-refractivity contribution < 1.29 is 8.78 Å². The van der Waals surface area contributed by atoms with Crippen LogP contribution in [-0.2, 0) is 0 Å². The van der Waals surface area contributed by atoms with E-state index >= 15 is 4.39 Å². The van der Waals surface area contributed by atoms with E-state index in [2.05, 4.69) is 42.5 Å². The van der Waals surface area contributed by atoms with Crippen LogP contribution in [0.15, 0.2) is 133 Å². The van der Waals surface area contributed by atoms with Crippen molar-refractivity contribution in [2.24, 2.45) is 0 Å². The molecule has 1 nitrogen and oxygen atoms in total. The fourth-order valence-corrected chi connectivity index (χ4v) is 5.54. The molecule has 0 saturated carbocycles. The van der Waals surface area contributed by atoms with Gasteiger partial charge in [0.1, 0.15) is 5.82 Å². The molecule has 0 aliphatic heterocycles. The summed E-state index contributed by atoms with van der Waals surface area (Å²) < 4.78 is 31.7. The molecule has 0 aliphatic carbocycles. The van der Waals surface area contributed by atoms with Gasteiger partial charge in [-0.15, -0.1) is 0 Å². The molecule has 0 atom stereocenters. The molecule has 196 valence electrons. The predicted molar refractivity (Wildman–Crippen MR) is 164 cm³/mol. The summed E-state index contributed by atoms with van der Waals surface area (Å²) in [4.78, 5) is 1.73. The van der Waals surface area contributed by atoms with Crippen LogP contribution in [0.3, 0.4) is 0 Å².